The van der Waals surface area contributed by atoms with Crippen LogP contribution in [0.15, 0.2) is 24.3 Å². The van der Waals surface area contributed by atoms with Gasteiger partial charge < -0.3 is 4.57 Å². The van der Waals surface area contributed by atoms with Crippen molar-refractivity contribution in [2.24, 2.45) is 0 Å². The first-order valence-electron chi connectivity index (χ1n) is 6.13. The maximum absolute atomic E-state index is 5.19. The molecule has 0 saturated heterocycles. The number of H-pyrrole nitrogens is 1. The highest BCUT2D eigenvalue weighted by Gasteiger charge is 2.18. The minimum Gasteiger partial charge on any atom is -0.306 e. The van der Waals surface area contributed by atoms with Crippen molar-refractivity contribution in [3.63, 3.8) is 0 Å². The lowest BCUT2D eigenvalue weighted by Gasteiger charge is -2.07. The van der Waals surface area contributed by atoms with Crippen LogP contribution in [0, 0.1) is 4.77 Å². The number of para-hydroxylation sites is 2. The van der Waals surface area contributed by atoms with Crippen LogP contribution < -0.4 is 0 Å². The Morgan fingerprint density at radius 3 is 2.63 bits per heavy atom. The average Bonchev–Trinajstić information content (AvgIpc) is 2.99. The molecule has 0 atom stereocenters. The number of rotatable bonds is 1. The Labute approximate surface area is 113 Å². The van der Waals surface area contributed by atoms with Gasteiger partial charge >= 0.3 is 0 Å². The van der Waals surface area contributed by atoms with Crippen LogP contribution in [-0.4, -0.2) is 28.8 Å². The lowest BCUT2D eigenvalue weighted by molar-refractivity contribution is 0.629. The summed E-state index contributed by atoms with van der Waals surface area (Å²) in [6.07, 6.45) is 0. The molecule has 96 valence electrons. The van der Waals surface area contributed by atoms with Gasteiger partial charge in [-0.15, -0.1) is 10.2 Å². The Balaban J connectivity index is 2.37. The van der Waals surface area contributed by atoms with E-state index >= 15 is 0 Å². The van der Waals surface area contributed by atoms with Crippen LogP contribution in [0.5, 0.6) is 0 Å². The van der Waals surface area contributed by atoms with Crippen LogP contribution >= 0.6 is 12.2 Å². The molecular weight excluding hydrogens is 260 g/mol. The summed E-state index contributed by atoms with van der Waals surface area (Å²) in [6, 6.07) is 8.53. The SMILES string of the molecule is CC(C)n1c2ccccc2n2c1nn1c(=S)[nH]nc12. The normalized spacial score (nSPS) is 12.4. The van der Waals surface area contributed by atoms with Crippen LogP contribution in [0.25, 0.3) is 22.6 Å². The number of benzene rings is 1. The zero-order valence-electron chi connectivity index (χ0n) is 10.5. The molecule has 1 N–H and O–H groups in total. The van der Waals surface area contributed by atoms with E-state index in [-0.39, 0.29) is 0 Å². The first-order valence-corrected chi connectivity index (χ1v) is 6.54. The molecule has 0 bridgehead atoms. The van der Waals surface area contributed by atoms with E-state index in [4.69, 9.17) is 12.2 Å². The van der Waals surface area contributed by atoms with Gasteiger partial charge in [0.05, 0.1) is 11.0 Å². The van der Waals surface area contributed by atoms with E-state index < -0.39 is 0 Å². The van der Waals surface area contributed by atoms with Crippen molar-refractivity contribution >= 4 is 34.8 Å². The highest BCUT2D eigenvalue weighted by molar-refractivity contribution is 7.71. The molecule has 0 spiro atoms. The number of imidazole rings is 1. The van der Waals surface area contributed by atoms with Gasteiger partial charge in [0, 0.05) is 6.04 Å². The average molecular weight is 272 g/mol. The van der Waals surface area contributed by atoms with Crippen LogP contribution in [-0.2, 0) is 0 Å². The number of hydrogen-bond donors (Lipinski definition) is 1. The van der Waals surface area contributed by atoms with Crippen molar-refractivity contribution in [3.05, 3.63) is 29.0 Å². The van der Waals surface area contributed by atoms with E-state index in [2.05, 4.69) is 45.8 Å². The molecule has 19 heavy (non-hydrogen) atoms. The maximum atomic E-state index is 5.19. The maximum Gasteiger partial charge on any atom is 0.258 e. The van der Waals surface area contributed by atoms with Crippen molar-refractivity contribution < 1.29 is 0 Å². The van der Waals surface area contributed by atoms with Gasteiger partial charge in [-0.3, -0.25) is 0 Å². The van der Waals surface area contributed by atoms with E-state index in [1.165, 1.54) is 0 Å². The Hall–Kier alpha value is -2.15. The summed E-state index contributed by atoms with van der Waals surface area (Å²) in [7, 11) is 0. The van der Waals surface area contributed by atoms with Crippen LogP contribution in [0.1, 0.15) is 19.9 Å². The molecule has 7 heteroatoms. The molecule has 0 aliphatic carbocycles. The molecule has 4 rings (SSSR count). The predicted molar refractivity (Wildman–Crippen MR) is 75.0 cm³/mol. The number of aromatic nitrogens is 6. The number of nitrogens with zero attached hydrogens (tertiary/aromatic N) is 5. The molecule has 4 aromatic rings. The molecule has 0 amide bonds. The zero-order chi connectivity index (χ0) is 13.1. The smallest absolute Gasteiger partial charge is 0.258 e. The fourth-order valence-electron chi connectivity index (χ4n) is 2.59. The minimum absolute atomic E-state index is 0.312. The van der Waals surface area contributed by atoms with Gasteiger partial charge in [0.25, 0.3) is 5.78 Å². The van der Waals surface area contributed by atoms with E-state index in [9.17, 15) is 0 Å². The molecule has 0 saturated carbocycles. The molecule has 0 aliphatic heterocycles. The van der Waals surface area contributed by atoms with E-state index in [1.54, 1.807) is 4.52 Å². The second kappa shape index (κ2) is 3.45. The molecule has 0 aliphatic rings. The molecule has 3 aromatic heterocycles. The molecule has 0 radical (unpaired) electrons. The fraction of sp³-hybridized carbons (Fsp3) is 0.250. The second-order valence-electron chi connectivity index (χ2n) is 4.83. The summed E-state index contributed by atoms with van der Waals surface area (Å²) >= 11 is 5.19. The Bertz CT molecular complexity index is 967. The second-order valence-corrected chi connectivity index (χ2v) is 5.22. The van der Waals surface area contributed by atoms with Crippen LogP contribution in [0.2, 0.25) is 0 Å². The van der Waals surface area contributed by atoms with Gasteiger partial charge in [-0.2, -0.15) is 4.52 Å². The topological polar surface area (TPSA) is 55.3 Å². The lowest BCUT2D eigenvalue weighted by atomic mass is 10.3. The van der Waals surface area contributed by atoms with Crippen LogP contribution in [0.3, 0.4) is 0 Å². The van der Waals surface area contributed by atoms with Gasteiger partial charge in [0.2, 0.25) is 10.5 Å². The zero-order valence-corrected chi connectivity index (χ0v) is 11.3. The Morgan fingerprint density at radius 1 is 1.16 bits per heavy atom. The molecule has 0 fully saturated rings. The van der Waals surface area contributed by atoms with Gasteiger partial charge in [-0.05, 0) is 38.2 Å². The quantitative estimate of drug-likeness (QED) is 0.542. The monoisotopic (exact) mass is 272 g/mol. The van der Waals surface area contributed by atoms with Crippen molar-refractivity contribution in [1.29, 1.82) is 0 Å². The summed E-state index contributed by atoms with van der Waals surface area (Å²) in [5.41, 5.74) is 2.24. The first kappa shape index (κ1) is 10.7. The molecule has 3 heterocycles. The summed E-state index contributed by atoms with van der Waals surface area (Å²) in [5.74, 6) is 1.58. The highest BCUT2D eigenvalue weighted by Crippen LogP contribution is 2.25. The molecule has 1 aromatic carbocycles. The predicted octanol–water partition coefficient (Wildman–Crippen LogP) is 2.58. The highest BCUT2D eigenvalue weighted by atomic mass is 32.1. The number of nitrogens with one attached hydrogen (secondary N) is 1. The molecule has 0 unspecified atom stereocenters. The van der Waals surface area contributed by atoms with Crippen molar-refractivity contribution in [2.45, 2.75) is 19.9 Å². The largest absolute Gasteiger partial charge is 0.306 e. The lowest BCUT2D eigenvalue weighted by Crippen LogP contribution is -2.01. The summed E-state index contributed by atoms with van der Waals surface area (Å²) in [5, 5.41) is 11.6. The first-order chi connectivity index (χ1) is 9.18. The standard InChI is InChI=1S/C12H12N6S/c1-7(2)16-8-5-3-4-6-9(8)17-10-13-14-12(19)18(10)15-11(16)17/h3-7H,1-2H3,(H,14,19). The van der Waals surface area contributed by atoms with E-state index in [0.717, 1.165) is 22.6 Å². The minimum atomic E-state index is 0.312. The van der Waals surface area contributed by atoms with Gasteiger partial charge in [-0.25, -0.2) is 9.50 Å². The van der Waals surface area contributed by atoms with Gasteiger partial charge in [-0.1, -0.05) is 12.1 Å². The third-order valence-corrected chi connectivity index (χ3v) is 3.60. The molecule has 6 nitrogen and oxygen atoms in total. The number of hydrogen-bond acceptors (Lipinski definition) is 3. The van der Waals surface area contributed by atoms with Gasteiger partial charge in [0.15, 0.2) is 0 Å². The van der Waals surface area contributed by atoms with E-state index in [1.807, 2.05) is 16.5 Å². The summed E-state index contributed by atoms with van der Waals surface area (Å²) in [4.78, 5) is 0. The number of fused-ring (bicyclic) bond motifs is 5. The summed E-state index contributed by atoms with van der Waals surface area (Å²) in [6.45, 7) is 4.29. The van der Waals surface area contributed by atoms with Gasteiger partial charge in [0.1, 0.15) is 0 Å². The molecular formula is C12H12N6S. The summed E-state index contributed by atoms with van der Waals surface area (Å²) < 4.78 is 6.40. The number of aromatic amines is 1. The third-order valence-electron chi connectivity index (χ3n) is 3.34. The third kappa shape index (κ3) is 1.22. The van der Waals surface area contributed by atoms with Crippen LogP contribution in [0.4, 0.5) is 0 Å². The van der Waals surface area contributed by atoms with E-state index in [0.29, 0.717) is 10.8 Å². The fourth-order valence-corrected chi connectivity index (χ4v) is 2.76. The Kier molecular flexibility index (Phi) is 1.95. The van der Waals surface area contributed by atoms with Crippen molar-refractivity contribution in [3.8, 4) is 0 Å². The van der Waals surface area contributed by atoms with Crippen molar-refractivity contribution in [2.75, 3.05) is 0 Å². The Morgan fingerprint density at radius 2 is 1.89 bits per heavy atom. The van der Waals surface area contributed by atoms with Crippen molar-refractivity contribution in [1.82, 2.24) is 28.8 Å².